The lowest BCUT2D eigenvalue weighted by molar-refractivity contribution is -0.117. The summed E-state index contributed by atoms with van der Waals surface area (Å²) < 4.78 is 13.5. The van der Waals surface area contributed by atoms with E-state index < -0.39 is 5.82 Å². The Morgan fingerprint density at radius 3 is 2.62 bits per heavy atom. The number of benzene rings is 1. The molecule has 1 aromatic carbocycles. The lowest BCUT2D eigenvalue weighted by atomic mass is 10.1. The Kier molecular flexibility index (Phi) is 5.00. The molecule has 0 spiro atoms. The quantitative estimate of drug-likeness (QED) is 0.919. The lowest BCUT2D eigenvalue weighted by Gasteiger charge is -2.24. The van der Waals surface area contributed by atoms with Gasteiger partial charge in [0.25, 0.3) is 0 Å². The SMILES string of the molecule is CC(c1ccncc1)N(C)CC(=O)Nc1ccccc1F. The van der Waals surface area contributed by atoms with Crippen LogP contribution >= 0.6 is 0 Å². The van der Waals surface area contributed by atoms with E-state index in [-0.39, 0.29) is 24.2 Å². The van der Waals surface area contributed by atoms with E-state index in [2.05, 4.69) is 10.3 Å². The molecule has 2 rings (SSSR count). The van der Waals surface area contributed by atoms with Crippen molar-refractivity contribution in [2.75, 3.05) is 18.9 Å². The van der Waals surface area contributed by atoms with Gasteiger partial charge in [0.1, 0.15) is 5.82 Å². The van der Waals surface area contributed by atoms with Crippen molar-refractivity contribution in [3.63, 3.8) is 0 Å². The van der Waals surface area contributed by atoms with Gasteiger partial charge in [0.15, 0.2) is 0 Å². The van der Waals surface area contributed by atoms with Gasteiger partial charge in [0, 0.05) is 18.4 Å². The number of para-hydroxylation sites is 1. The molecule has 2 aromatic rings. The number of carbonyl (C=O) groups is 1. The molecule has 110 valence electrons. The van der Waals surface area contributed by atoms with Crippen molar-refractivity contribution < 1.29 is 9.18 Å². The van der Waals surface area contributed by atoms with E-state index in [4.69, 9.17) is 0 Å². The maximum atomic E-state index is 13.5. The van der Waals surface area contributed by atoms with Crippen LogP contribution in [0.1, 0.15) is 18.5 Å². The topological polar surface area (TPSA) is 45.2 Å². The minimum absolute atomic E-state index is 0.0689. The minimum atomic E-state index is -0.435. The molecule has 0 bridgehead atoms. The zero-order valence-corrected chi connectivity index (χ0v) is 12.1. The summed E-state index contributed by atoms with van der Waals surface area (Å²) in [6, 6.07) is 10.0. The Labute approximate surface area is 123 Å². The number of amides is 1. The molecular formula is C16H18FN3O. The maximum Gasteiger partial charge on any atom is 0.238 e. The number of hydrogen-bond acceptors (Lipinski definition) is 3. The predicted molar refractivity (Wildman–Crippen MR) is 80.3 cm³/mol. The molecule has 0 saturated heterocycles. The average molecular weight is 287 g/mol. The molecule has 1 N–H and O–H groups in total. The van der Waals surface area contributed by atoms with Gasteiger partial charge in [0.2, 0.25) is 5.91 Å². The highest BCUT2D eigenvalue weighted by Gasteiger charge is 2.15. The standard InChI is InChI=1S/C16H18FN3O/c1-12(13-7-9-18-10-8-13)20(2)11-16(21)19-15-6-4-3-5-14(15)17/h3-10,12H,11H2,1-2H3,(H,19,21). The Morgan fingerprint density at radius 2 is 1.95 bits per heavy atom. The molecule has 5 heteroatoms. The van der Waals surface area contributed by atoms with Crippen LogP contribution in [-0.4, -0.2) is 29.4 Å². The summed E-state index contributed by atoms with van der Waals surface area (Å²) in [6.45, 7) is 2.18. The van der Waals surface area contributed by atoms with Gasteiger partial charge in [-0.1, -0.05) is 12.1 Å². The summed E-state index contributed by atoms with van der Waals surface area (Å²) in [5.74, 6) is -0.681. The molecule has 0 aliphatic carbocycles. The van der Waals surface area contributed by atoms with Crippen molar-refractivity contribution in [3.05, 3.63) is 60.2 Å². The molecule has 0 saturated carbocycles. The zero-order valence-electron chi connectivity index (χ0n) is 12.1. The van der Waals surface area contributed by atoms with Gasteiger partial charge in [-0.15, -0.1) is 0 Å². The number of hydrogen-bond donors (Lipinski definition) is 1. The van der Waals surface area contributed by atoms with E-state index in [1.165, 1.54) is 6.07 Å². The zero-order chi connectivity index (χ0) is 15.2. The minimum Gasteiger partial charge on any atom is -0.322 e. The van der Waals surface area contributed by atoms with Gasteiger partial charge < -0.3 is 5.32 Å². The second kappa shape index (κ2) is 6.95. The van der Waals surface area contributed by atoms with Crippen molar-refractivity contribution in [2.24, 2.45) is 0 Å². The van der Waals surface area contributed by atoms with Gasteiger partial charge in [-0.25, -0.2) is 4.39 Å². The molecule has 0 aliphatic heterocycles. The predicted octanol–water partition coefficient (Wildman–Crippen LogP) is 2.85. The number of halogens is 1. The molecule has 1 atom stereocenters. The number of nitrogens with one attached hydrogen (secondary N) is 1. The first kappa shape index (κ1) is 15.1. The molecule has 0 radical (unpaired) electrons. The molecule has 4 nitrogen and oxygen atoms in total. The van der Waals surface area contributed by atoms with Crippen molar-refractivity contribution in [3.8, 4) is 0 Å². The Hall–Kier alpha value is -2.27. The summed E-state index contributed by atoms with van der Waals surface area (Å²) >= 11 is 0. The van der Waals surface area contributed by atoms with E-state index in [9.17, 15) is 9.18 Å². The van der Waals surface area contributed by atoms with E-state index in [0.29, 0.717) is 0 Å². The fraction of sp³-hybridized carbons (Fsp3) is 0.250. The third-order valence-corrected chi connectivity index (χ3v) is 3.39. The van der Waals surface area contributed by atoms with Crippen molar-refractivity contribution in [1.82, 2.24) is 9.88 Å². The third kappa shape index (κ3) is 4.10. The largest absolute Gasteiger partial charge is 0.322 e. The van der Waals surface area contributed by atoms with Gasteiger partial charge in [-0.3, -0.25) is 14.7 Å². The van der Waals surface area contributed by atoms with E-state index in [1.54, 1.807) is 30.6 Å². The smallest absolute Gasteiger partial charge is 0.238 e. The average Bonchev–Trinajstić information content (AvgIpc) is 2.49. The van der Waals surface area contributed by atoms with Crippen molar-refractivity contribution in [1.29, 1.82) is 0 Å². The number of anilines is 1. The van der Waals surface area contributed by atoms with Gasteiger partial charge in [0.05, 0.1) is 12.2 Å². The fourth-order valence-electron chi connectivity index (χ4n) is 2.01. The summed E-state index contributed by atoms with van der Waals surface area (Å²) in [4.78, 5) is 17.8. The first-order valence-corrected chi connectivity index (χ1v) is 6.72. The van der Waals surface area contributed by atoms with Crippen LogP contribution in [0.2, 0.25) is 0 Å². The number of pyridine rings is 1. The highest BCUT2D eigenvalue weighted by atomic mass is 19.1. The van der Waals surface area contributed by atoms with Gasteiger partial charge in [-0.05, 0) is 43.8 Å². The molecule has 1 heterocycles. The Bertz CT molecular complexity index is 603. The number of aromatic nitrogens is 1. The van der Waals surface area contributed by atoms with E-state index >= 15 is 0 Å². The number of likely N-dealkylation sites (N-methyl/N-ethyl adjacent to an activating group) is 1. The lowest BCUT2D eigenvalue weighted by Crippen LogP contribution is -2.32. The normalized spacial score (nSPS) is 12.2. The van der Waals surface area contributed by atoms with Crippen LogP contribution < -0.4 is 5.32 Å². The van der Waals surface area contributed by atoms with Crippen LogP contribution in [0.15, 0.2) is 48.8 Å². The summed E-state index contributed by atoms with van der Waals surface area (Å²) in [6.07, 6.45) is 3.44. The van der Waals surface area contributed by atoms with E-state index in [0.717, 1.165) is 5.56 Å². The van der Waals surface area contributed by atoms with Crippen molar-refractivity contribution >= 4 is 11.6 Å². The summed E-state index contributed by atoms with van der Waals surface area (Å²) in [7, 11) is 1.85. The van der Waals surface area contributed by atoms with Crippen LogP contribution in [0.3, 0.4) is 0 Å². The highest BCUT2D eigenvalue weighted by Crippen LogP contribution is 2.18. The van der Waals surface area contributed by atoms with Gasteiger partial charge in [-0.2, -0.15) is 0 Å². The molecular weight excluding hydrogens is 269 g/mol. The second-order valence-corrected chi connectivity index (χ2v) is 4.90. The summed E-state index contributed by atoms with van der Waals surface area (Å²) in [5, 5.41) is 2.58. The van der Waals surface area contributed by atoms with Crippen LogP contribution in [0.25, 0.3) is 0 Å². The molecule has 21 heavy (non-hydrogen) atoms. The summed E-state index contributed by atoms with van der Waals surface area (Å²) in [5.41, 5.74) is 1.28. The molecule has 0 aliphatic rings. The first-order valence-electron chi connectivity index (χ1n) is 6.72. The fourth-order valence-corrected chi connectivity index (χ4v) is 2.01. The third-order valence-electron chi connectivity index (χ3n) is 3.39. The van der Waals surface area contributed by atoms with Crippen LogP contribution in [0.5, 0.6) is 0 Å². The highest BCUT2D eigenvalue weighted by molar-refractivity contribution is 5.92. The first-order chi connectivity index (χ1) is 10.1. The van der Waals surface area contributed by atoms with E-state index in [1.807, 2.05) is 31.0 Å². The molecule has 0 fully saturated rings. The number of carbonyl (C=O) groups excluding carboxylic acids is 1. The second-order valence-electron chi connectivity index (χ2n) is 4.90. The van der Waals surface area contributed by atoms with Crippen LogP contribution in [-0.2, 0) is 4.79 Å². The van der Waals surface area contributed by atoms with Crippen molar-refractivity contribution in [2.45, 2.75) is 13.0 Å². The Morgan fingerprint density at radius 1 is 1.29 bits per heavy atom. The number of rotatable bonds is 5. The van der Waals surface area contributed by atoms with Gasteiger partial charge >= 0.3 is 0 Å². The monoisotopic (exact) mass is 287 g/mol. The molecule has 1 unspecified atom stereocenters. The molecule has 1 aromatic heterocycles. The van der Waals surface area contributed by atoms with Crippen LogP contribution in [0.4, 0.5) is 10.1 Å². The maximum absolute atomic E-state index is 13.5. The Balaban J connectivity index is 1.95. The molecule has 1 amide bonds. The van der Waals surface area contributed by atoms with Crippen LogP contribution in [0, 0.1) is 5.82 Å². The number of nitrogens with zero attached hydrogens (tertiary/aromatic N) is 2.